The van der Waals surface area contributed by atoms with Crippen molar-refractivity contribution in [1.82, 2.24) is 19.8 Å². The molecule has 184 valence electrons. The number of benzene rings is 1. The molecule has 3 heterocycles. The van der Waals surface area contributed by atoms with Crippen molar-refractivity contribution >= 4 is 34.5 Å². The molecular formula is C25H34N4O4S. The van der Waals surface area contributed by atoms with Crippen molar-refractivity contribution in [3.8, 4) is 0 Å². The van der Waals surface area contributed by atoms with E-state index < -0.39 is 0 Å². The number of likely N-dealkylation sites (tertiary alicyclic amines) is 1. The number of nitrogens with zero attached hydrogens (tertiary/aromatic N) is 3. The number of ether oxygens (including phenoxy) is 1. The molecule has 2 fully saturated rings. The van der Waals surface area contributed by atoms with E-state index in [1.165, 1.54) is 11.8 Å². The number of unbranched alkanes of at least 4 members (excludes halogenated alkanes) is 2. The molecule has 1 aromatic heterocycles. The van der Waals surface area contributed by atoms with Crippen LogP contribution in [0.25, 0.3) is 10.9 Å². The predicted octanol–water partition coefficient (Wildman–Crippen LogP) is 3.21. The first-order valence-corrected chi connectivity index (χ1v) is 13.4. The second-order valence-electron chi connectivity index (χ2n) is 9.01. The highest BCUT2D eigenvalue weighted by Crippen LogP contribution is 2.21. The molecule has 9 heteroatoms. The Labute approximate surface area is 204 Å². The van der Waals surface area contributed by atoms with Crippen LogP contribution in [-0.2, 0) is 16.1 Å². The number of fused-ring (bicyclic) bond motifs is 1. The van der Waals surface area contributed by atoms with Crippen LogP contribution in [0.3, 0.4) is 0 Å². The van der Waals surface area contributed by atoms with E-state index in [0.29, 0.717) is 34.7 Å². The first-order chi connectivity index (χ1) is 16.6. The van der Waals surface area contributed by atoms with Crippen LogP contribution < -0.4 is 10.9 Å². The normalized spacial score (nSPS) is 18.0. The van der Waals surface area contributed by atoms with E-state index in [1.54, 1.807) is 22.8 Å². The fourth-order valence-electron chi connectivity index (χ4n) is 4.47. The second-order valence-corrected chi connectivity index (χ2v) is 9.95. The van der Waals surface area contributed by atoms with Gasteiger partial charge in [0.2, 0.25) is 5.91 Å². The van der Waals surface area contributed by atoms with Gasteiger partial charge in [0.1, 0.15) is 0 Å². The molecule has 1 N–H and O–H groups in total. The smallest absolute Gasteiger partial charge is 0.262 e. The van der Waals surface area contributed by atoms with Crippen LogP contribution in [0.5, 0.6) is 0 Å². The van der Waals surface area contributed by atoms with Crippen molar-refractivity contribution in [2.24, 2.45) is 0 Å². The quantitative estimate of drug-likeness (QED) is 0.315. The minimum Gasteiger partial charge on any atom is -0.376 e. The molecule has 1 aromatic carbocycles. The Morgan fingerprint density at radius 1 is 1.21 bits per heavy atom. The maximum Gasteiger partial charge on any atom is 0.262 e. The van der Waals surface area contributed by atoms with Gasteiger partial charge in [0, 0.05) is 38.3 Å². The third-order valence-electron chi connectivity index (χ3n) is 6.47. The van der Waals surface area contributed by atoms with Gasteiger partial charge < -0.3 is 15.0 Å². The fraction of sp³-hybridized carbons (Fsp3) is 0.600. The Balaban J connectivity index is 1.56. The molecule has 2 aliphatic rings. The zero-order valence-electron chi connectivity index (χ0n) is 19.9. The van der Waals surface area contributed by atoms with E-state index in [0.717, 1.165) is 64.6 Å². The summed E-state index contributed by atoms with van der Waals surface area (Å²) in [6.45, 7) is 5.52. The van der Waals surface area contributed by atoms with Gasteiger partial charge in [-0.2, -0.15) is 0 Å². The lowest BCUT2D eigenvalue weighted by Crippen LogP contribution is -2.32. The maximum atomic E-state index is 13.3. The van der Waals surface area contributed by atoms with Crippen LogP contribution >= 0.6 is 11.8 Å². The fourth-order valence-corrected chi connectivity index (χ4v) is 5.40. The van der Waals surface area contributed by atoms with Gasteiger partial charge in [0.25, 0.3) is 11.5 Å². The molecule has 1 atom stereocenters. The van der Waals surface area contributed by atoms with Gasteiger partial charge in [0.05, 0.1) is 22.8 Å². The molecule has 2 aliphatic heterocycles. The predicted molar refractivity (Wildman–Crippen MR) is 133 cm³/mol. The van der Waals surface area contributed by atoms with Gasteiger partial charge in [0.15, 0.2) is 5.16 Å². The van der Waals surface area contributed by atoms with Gasteiger partial charge in [-0.1, -0.05) is 31.5 Å². The lowest BCUT2D eigenvalue weighted by Gasteiger charge is -2.17. The molecule has 0 saturated carbocycles. The number of rotatable bonds is 10. The topological polar surface area (TPSA) is 93.5 Å². The molecule has 0 bridgehead atoms. The number of aromatic nitrogens is 2. The maximum absolute atomic E-state index is 13.3. The van der Waals surface area contributed by atoms with Crippen molar-refractivity contribution in [3.05, 3.63) is 34.1 Å². The summed E-state index contributed by atoms with van der Waals surface area (Å²) < 4.78 is 7.26. The third kappa shape index (κ3) is 5.99. The summed E-state index contributed by atoms with van der Waals surface area (Å²) in [4.78, 5) is 45.2. The number of carbonyl (C=O) groups is 2. The van der Waals surface area contributed by atoms with Gasteiger partial charge >= 0.3 is 0 Å². The number of nitrogens with one attached hydrogen (secondary N) is 1. The summed E-state index contributed by atoms with van der Waals surface area (Å²) in [6, 6.07) is 5.03. The van der Waals surface area contributed by atoms with E-state index in [4.69, 9.17) is 9.72 Å². The van der Waals surface area contributed by atoms with E-state index in [-0.39, 0.29) is 29.2 Å². The molecule has 2 amide bonds. The first-order valence-electron chi connectivity index (χ1n) is 12.4. The standard InChI is InChI=1S/C25H34N4O4S/c1-2-3-4-13-29-24(32)20-10-9-18(23(31)26-16-19-8-7-14-33-19)15-21(20)27-25(29)34-17-22(30)28-11-5-6-12-28/h9-10,15,19H,2-8,11-14,16-17H2,1H3,(H,26,31)/t19-/m0/s1. The average molecular weight is 487 g/mol. The number of carbonyl (C=O) groups excluding carboxylic acids is 2. The molecule has 2 saturated heterocycles. The molecule has 8 nitrogen and oxygen atoms in total. The van der Waals surface area contributed by atoms with Crippen LogP contribution in [0.15, 0.2) is 28.2 Å². The first kappa shape index (κ1) is 24.7. The summed E-state index contributed by atoms with van der Waals surface area (Å²) in [5, 5.41) is 3.95. The lowest BCUT2D eigenvalue weighted by atomic mass is 10.1. The molecule has 0 radical (unpaired) electrons. The molecule has 0 aliphatic carbocycles. The molecule has 0 unspecified atom stereocenters. The van der Waals surface area contributed by atoms with Gasteiger partial charge in [-0.25, -0.2) is 4.98 Å². The molecule has 2 aromatic rings. The molecule has 0 spiro atoms. The van der Waals surface area contributed by atoms with Gasteiger partial charge in [-0.05, 0) is 50.3 Å². The second kappa shape index (κ2) is 11.8. The summed E-state index contributed by atoms with van der Waals surface area (Å²) in [5.74, 6) is 0.136. The lowest BCUT2D eigenvalue weighted by molar-refractivity contribution is -0.127. The van der Waals surface area contributed by atoms with Crippen LogP contribution in [0.1, 0.15) is 62.2 Å². The van der Waals surface area contributed by atoms with Crippen molar-refractivity contribution in [3.63, 3.8) is 0 Å². The van der Waals surface area contributed by atoms with Crippen molar-refractivity contribution in [2.45, 2.75) is 69.7 Å². The molecular weight excluding hydrogens is 452 g/mol. The van der Waals surface area contributed by atoms with Crippen molar-refractivity contribution in [2.75, 3.05) is 32.0 Å². The number of thioether (sulfide) groups is 1. The zero-order valence-corrected chi connectivity index (χ0v) is 20.7. The zero-order chi connectivity index (χ0) is 23.9. The summed E-state index contributed by atoms with van der Waals surface area (Å²) in [7, 11) is 0. The number of hydrogen-bond donors (Lipinski definition) is 1. The Morgan fingerprint density at radius 2 is 2.03 bits per heavy atom. The Hall–Kier alpha value is -2.39. The van der Waals surface area contributed by atoms with E-state index in [2.05, 4.69) is 12.2 Å². The highest BCUT2D eigenvalue weighted by molar-refractivity contribution is 7.99. The Morgan fingerprint density at radius 3 is 2.76 bits per heavy atom. The highest BCUT2D eigenvalue weighted by atomic mass is 32.2. The summed E-state index contributed by atoms with van der Waals surface area (Å²) >= 11 is 1.31. The van der Waals surface area contributed by atoms with Crippen molar-refractivity contribution < 1.29 is 14.3 Å². The SMILES string of the molecule is CCCCCn1c(SCC(=O)N2CCCC2)nc2cc(C(=O)NC[C@@H]3CCCO3)ccc2c1=O. The number of amides is 2. The Kier molecular flexibility index (Phi) is 8.61. The molecule has 4 rings (SSSR count). The van der Waals surface area contributed by atoms with Crippen LogP contribution in [0.2, 0.25) is 0 Å². The average Bonchev–Trinajstić information content (AvgIpc) is 3.57. The molecule has 34 heavy (non-hydrogen) atoms. The van der Waals surface area contributed by atoms with Gasteiger partial charge in [-0.3, -0.25) is 19.0 Å². The van der Waals surface area contributed by atoms with Crippen LogP contribution in [-0.4, -0.2) is 64.4 Å². The minimum atomic E-state index is -0.204. The van der Waals surface area contributed by atoms with Crippen LogP contribution in [0, 0.1) is 0 Å². The Bertz CT molecular complexity index is 1070. The largest absolute Gasteiger partial charge is 0.376 e. The van der Waals surface area contributed by atoms with E-state index in [9.17, 15) is 14.4 Å². The van der Waals surface area contributed by atoms with E-state index in [1.807, 2.05) is 4.90 Å². The third-order valence-corrected chi connectivity index (χ3v) is 7.43. The van der Waals surface area contributed by atoms with E-state index >= 15 is 0 Å². The van der Waals surface area contributed by atoms with Crippen molar-refractivity contribution in [1.29, 1.82) is 0 Å². The monoisotopic (exact) mass is 486 g/mol. The summed E-state index contributed by atoms with van der Waals surface area (Å²) in [5.41, 5.74) is 0.825. The summed E-state index contributed by atoms with van der Waals surface area (Å²) in [6.07, 6.45) is 7.07. The number of hydrogen-bond acceptors (Lipinski definition) is 6. The van der Waals surface area contributed by atoms with Gasteiger partial charge in [-0.15, -0.1) is 0 Å². The minimum absolute atomic E-state index is 0.0639. The van der Waals surface area contributed by atoms with Crippen LogP contribution in [0.4, 0.5) is 0 Å². The highest BCUT2D eigenvalue weighted by Gasteiger charge is 2.21.